The van der Waals surface area contributed by atoms with Crippen LogP contribution in [0.3, 0.4) is 0 Å². The molecule has 0 atom stereocenters. The predicted octanol–water partition coefficient (Wildman–Crippen LogP) is 0.674. The SMILES string of the molecule is Cn1ccnc1CNS(=O)(=O)Cc1ccccc1C(N)=S. The summed E-state index contributed by atoms with van der Waals surface area (Å²) >= 11 is 4.93. The Bertz CT molecular complexity index is 753. The van der Waals surface area contributed by atoms with Crippen molar-refractivity contribution in [3.8, 4) is 0 Å². The molecule has 0 aliphatic carbocycles. The summed E-state index contributed by atoms with van der Waals surface area (Å²) in [5.74, 6) is 0.464. The topological polar surface area (TPSA) is 90.0 Å². The molecule has 112 valence electrons. The van der Waals surface area contributed by atoms with Gasteiger partial charge >= 0.3 is 0 Å². The van der Waals surface area contributed by atoms with E-state index in [0.717, 1.165) is 0 Å². The second kappa shape index (κ2) is 6.33. The molecule has 0 aliphatic heterocycles. The minimum absolute atomic E-state index is 0.140. The number of nitrogens with two attached hydrogens (primary N) is 1. The van der Waals surface area contributed by atoms with Gasteiger partial charge in [0.05, 0.1) is 12.3 Å². The van der Waals surface area contributed by atoms with Crippen molar-refractivity contribution in [2.75, 3.05) is 0 Å². The Labute approximate surface area is 129 Å². The molecule has 0 unspecified atom stereocenters. The van der Waals surface area contributed by atoms with Crippen LogP contribution in [-0.2, 0) is 29.4 Å². The minimum Gasteiger partial charge on any atom is -0.389 e. The number of hydrogen-bond donors (Lipinski definition) is 2. The fourth-order valence-corrected chi connectivity index (χ4v) is 3.19. The molecule has 1 aromatic heterocycles. The average Bonchev–Trinajstić information content (AvgIpc) is 2.82. The van der Waals surface area contributed by atoms with Gasteiger partial charge in [0.15, 0.2) is 0 Å². The van der Waals surface area contributed by atoms with Gasteiger partial charge in [-0.3, -0.25) is 0 Å². The first kappa shape index (κ1) is 15.6. The van der Waals surface area contributed by atoms with Crippen LogP contribution in [0.25, 0.3) is 0 Å². The second-order valence-corrected chi connectivity index (χ2v) is 6.80. The van der Waals surface area contributed by atoms with E-state index in [1.807, 2.05) is 0 Å². The lowest BCUT2D eigenvalue weighted by Gasteiger charge is -2.10. The molecule has 2 rings (SSSR count). The van der Waals surface area contributed by atoms with Crippen molar-refractivity contribution < 1.29 is 8.42 Å². The Kier molecular flexibility index (Phi) is 4.71. The molecule has 3 N–H and O–H groups in total. The molecular weight excluding hydrogens is 308 g/mol. The standard InChI is InChI=1S/C13H16N4O2S2/c1-17-7-6-15-12(17)8-16-21(18,19)9-10-4-2-3-5-11(10)13(14)20/h2-7,16H,8-9H2,1H3,(H2,14,20). The quantitative estimate of drug-likeness (QED) is 0.763. The van der Waals surface area contributed by atoms with Crippen molar-refractivity contribution in [2.24, 2.45) is 12.8 Å². The van der Waals surface area contributed by atoms with Crippen LogP contribution in [-0.4, -0.2) is 23.0 Å². The van der Waals surface area contributed by atoms with Gasteiger partial charge in [-0.15, -0.1) is 0 Å². The molecule has 0 amide bonds. The van der Waals surface area contributed by atoms with Crippen molar-refractivity contribution in [3.05, 3.63) is 53.6 Å². The summed E-state index contributed by atoms with van der Waals surface area (Å²) in [5, 5.41) is 0. The summed E-state index contributed by atoms with van der Waals surface area (Å²) in [7, 11) is -1.70. The fourth-order valence-electron chi connectivity index (χ4n) is 1.88. The van der Waals surface area contributed by atoms with Gasteiger partial charge in [-0.1, -0.05) is 36.5 Å². The van der Waals surface area contributed by atoms with Gasteiger partial charge in [-0.2, -0.15) is 0 Å². The van der Waals surface area contributed by atoms with Gasteiger partial charge in [-0.05, 0) is 5.56 Å². The Hall–Kier alpha value is -1.77. The van der Waals surface area contributed by atoms with Gasteiger partial charge in [0.2, 0.25) is 10.0 Å². The van der Waals surface area contributed by atoms with Crippen LogP contribution in [0.15, 0.2) is 36.7 Å². The van der Waals surface area contributed by atoms with Crippen LogP contribution < -0.4 is 10.5 Å². The third kappa shape index (κ3) is 4.10. The van der Waals surface area contributed by atoms with E-state index in [9.17, 15) is 8.42 Å². The van der Waals surface area contributed by atoms with Gasteiger partial charge in [0.1, 0.15) is 10.8 Å². The van der Waals surface area contributed by atoms with Crippen molar-refractivity contribution >= 4 is 27.2 Å². The second-order valence-electron chi connectivity index (χ2n) is 4.56. The first-order valence-corrected chi connectivity index (χ1v) is 8.26. The highest BCUT2D eigenvalue weighted by atomic mass is 32.2. The molecule has 0 bridgehead atoms. The summed E-state index contributed by atoms with van der Waals surface area (Å²) in [5.41, 5.74) is 6.77. The van der Waals surface area contributed by atoms with Crippen LogP contribution >= 0.6 is 12.2 Å². The molecule has 0 fully saturated rings. The maximum Gasteiger partial charge on any atom is 0.216 e. The molecule has 1 aromatic carbocycles. The summed E-state index contributed by atoms with van der Waals surface area (Å²) in [6, 6.07) is 6.94. The number of nitrogens with one attached hydrogen (secondary N) is 1. The van der Waals surface area contributed by atoms with E-state index in [-0.39, 0.29) is 17.3 Å². The molecule has 8 heteroatoms. The van der Waals surface area contributed by atoms with Gasteiger partial charge in [0.25, 0.3) is 0 Å². The number of hydrogen-bond acceptors (Lipinski definition) is 4. The molecule has 21 heavy (non-hydrogen) atoms. The first-order chi connectivity index (χ1) is 9.89. The fraction of sp³-hybridized carbons (Fsp3) is 0.231. The van der Waals surface area contributed by atoms with Gasteiger partial charge in [0, 0.05) is 25.0 Å². The number of rotatable bonds is 6. The normalized spacial score (nSPS) is 11.5. The molecule has 0 spiro atoms. The van der Waals surface area contributed by atoms with Crippen LogP contribution in [0.2, 0.25) is 0 Å². The van der Waals surface area contributed by atoms with Crippen molar-refractivity contribution in [3.63, 3.8) is 0 Å². The van der Waals surface area contributed by atoms with E-state index < -0.39 is 10.0 Å². The highest BCUT2D eigenvalue weighted by Crippen LogP contribution is 2.12. The van der Waals surface area contributed by atoms with Gasteiger partial charge < -0.3 is 10.3 Å². The third-order valence-corrected chi connectivity index (χ3v) is 4.49. The van der Waals surface area contributed by atoms with E-state index in [4.69, 9.17) is 18.0 Å². The Morgan fingerprint density at radius 3 is 2.76 bits per heavy atom. The maximum atomic E-state index is 12.1. The Morgan fingerprint density at radius 1 is 1.43 bits per heavy atom. The van der Waals surface area contributed by atoms with Crippen LogP contribution in [0.5, 0.6) is 0 Å². The van der Waals surface area contributed by atoms with E-state index in [0.29, 0.717) is 17.0 Å². The minimum atomic E-state index is -3.50. The summed E-state index contributed by atoms with van der Waals surface area (Å²) in [6.07, 6.45) is 3.37. The molecule has 0 saturated heterocycles. The number of benzene rings is 1. The molecular formula is C13H16N4O2S2. The molecule has 0 aliphatic rings. The monoisotopic (exact) mass is 324 g/mol. The molecule has 6 nitrogen and oxygen atoms in total. The van der Waals surface area contributed by atoms with Crippen molar-refractivity contribution in [1.82, 2.24) is 14.3 Å². The number of aromatic nitrogens is 2. The van der Waals surface area contributed by atoms with E-state index in [1.165, 1.54) is 0 Å². The Morgan fingerprint density at radius 2 is 2.14 bits per heavy atom. The predicted molar refractivity (Wildman–Crippen MR) is 85.0 cm³/mol. The van der Waals surface area contributed by atoms with E-state index in [2.05, 4.69) is 9.71 Å². The number of imidazole rings is 1. The molecule has 1 heterocycles. The zero-order chi connectivity index (χ0) is 15.5. The molecule has 0 radical (unpaired) electrons. The number of nitrogens with zero attached hydrogens (tertiary/aromatic N) is 2. The summed E-state index contributed by atoms with van der Waals surface area (Å²) in [4.78, 5) is 4.25. The van der Waals surface area contributed by atoms with E-state index >= 15 is 0 Å². The van der Waals surface area contributed by atoms with Crippen molar-refractivity contribution in [2.45, 2.75) is 12.3 Å². The first-order valence-electron chi connectivity index (χ1n) is 6.20. The zero-order valence-corrected chi connectivity index (χ0v) is 13.1. The van der Waals surface area contributed by atoms with Crippen LogP contribution in [0.4, 0.5) is 0 Å². The smallest absolute Gasteiger partial charge is 0.216 e. The largest absolute Gasteiger partial charge is 0.389 e. The maximum absolute atomic E-state index is 12.1. The summed E-state index contributed by atoms with van der Waals surface area (Å²) in [6.45, 7) is 0.140. The lowest BCUT2D eigenvalue weighted by Crippen LogP contribution is -2.27. The lowest BCUT2D eigenvalue weighted by molar-refractivity contribution is 0.576. The highest BCUT2D eigenvalue weighted by Gasteiger charge is 2.15. The molecule has 2 aromatic rings. The van der Waals surface area contributed by atoms with Crippen molar-refractivity contribution in [1.29, 1.82) is 0 Å². The van der Waals surface area contributed by atoms with Crippen LogP contribution in [0.1, 0.15) is 17.0 Å². The van der Waals surface area contributed by atoms with E-state index in [1.54, 1.807) is 48.3 Å². The van der Waals surface area contributed by atoms with Gasteiger partial charge in [-0.25, -0.2) is 18.1 Å². The number of thiocarbonyl (C=S) groups is 1. The lowest BCUT2D eigenvalue weighted by atomic mass is 10.1. The number of sulfonamides is 1. The highest BCUT2D eigenvalue weighted by molar-refractivity contribution is 7.88. The third-order valence-electron chi connectivity index (χ3n) is 3.00. The average molecular weight is 324 g/mol. The molecule has 0 saturated carbocycles. The zero-order valence-electron chi connectivity index (χ0n) is 11.5. The number of aryl methyl sites for hydroxylation is 1. The van der Waals surface area contributed by atoms with Crippen LogP contribution in [0, 0.1) is 0 Å². The Balaban J connectivity index is 2.11. The summed E-state index contributed by atoms with van der Waals surface area (Å²) < 4.78 is 28.6.